The van der Waals surface area contributed by atoms with Gasteiger partial charge in [-0.25, -0.2) is 0 Å². The summed E-state index contributed by atoms with van der Waals surface area (Å²) in [7, 11) is 0. The zero-order valence-corrected chi connectivity index (χ0v) is 11.0. The number of nitrogens with zero attached hydrogens (tertiary/aromatic N) is 3. The van der Waals surface area contributed by atoms with Gasteiger partial charge in [0.1, 0.15) is 0 Å². The number of amidine groups is 1. The lowest BCUT2D eigenvalue weighted by Gasteiger charge is -2.34. The van der Waals surface area contributed by atoms with Crippen LogP contribution in [0, 0.1) is 0 Å². The first-order valence-electron chi connectivity index (χ1n) is 6.03. The number of halogens is 1. The summed E-state index contributed by atoms with van der Waals surface area (Å²) >= 11 is 5.98. The maximum atomic E-state index is 12.5. The molecule has 1 aromatic heterocycles. The van der Waals surface area contributed by atoms with Crippen molar-refractivity contribution in [2.24, 2.45) is 10.9 Å². The van der Waals surface area contributed by atoms with E-state index < -0.39 is 0 Å². The number of oxime groups is 1. The normalized spacial score (nSPS) is 20.4. The van der Waals surface area contributed by atoms with Crippen LogP contribution in [0.2, 0.25) is 5.02 Å². The van der Waals surface area contributed by atoms with Crippen LogP contribution in [-0.4, -0.2) is 39.4 Å². The molecule has 1 amide bonds. The van der Waals surface area contributed by atoms with Gasteiger partial charge in [-0.1, -0.05) is 16.8 Å². The van der Waals surface area contributed by atoms with Crippen molar-refractivity contribution in [2.75, 3.05) is 6.54 Å². The Labute approximate surface area is 115 Å². The number of pyridine rings is 1. The number of carbonyl (C=O) groups is 1. The van der Waals surface area contributed by atoms with Crippen molar-refractivity contribution in [1.29, 1.82) is 0 Å². The molecule has 1 aromatic rings. The summed E-state index contributed by atoms with van der Waals surface area (Å²) in [6, 6.07) is 1.19. The van der Waals surface area contributed by atoms with Gasteiger partial charge in [-0.05, 0) is 25.3 Å². The van der Waals surface area contributed by atoms with Crippen LogP contribution in [0.3, 0.4) is 0 Å². The SMILES string of the molecule is NC(=NO)C1CCCCN1C(=O)c1ccncc1Cl. The van der Waals surface area contributed by atoms with Crippen molar-refractivity contribution in [3.63, 3.8) is 0 Å². The number of rotatable bonds is 2. The smallest absolute Gasteiger partial charge is 0.256 e. The van der Waals surface area contributed by atoms with E-state index in [4.69, 9.17) is 22.5 Å². The summed E-state index contributed by atoms with van der Waals surface area (Å²) in [5.41, 5.74) is 6.04. The van der Waals surface area contributed by atoms with Crippen LogP contribution in [0.4, 0.5) is 0 Å². The van der Waals surface area contributed by atoms with E-state index in [9.17, 15) is 4.79 Å². The van der Waals surface area contributed by atoms with Gasteiger partial charge in [0.05, 0.1) is 16.6 Å². The molecule has 1 atom stereocenters. The van der Waals surface area contributed by atoms with Crippen molar-refractivity contribution >= 4 is 23.3 Å². The fourth-order valence-electron chi connectivity index (χ4n) is 2.25. The minimum absolute atomic E-state index is 0.0539. The highest BCUT2D eigenvalue weighted by atomic mass is 35.5. The molecular formula is C12H15ClN4O2. The minimum Gasteiger partial charge on any atom is -0.409 e. The summed E-state index contributed by atoms with van der Waals surface area (Å²) in [4.78, 5) is 17.9. The molecule has 0 saturated carbocycles. The van der Waals surface area contributed by atoms with Crippen LogP contribution in [0.25, 0.3) is 0 Å². The van der Waals surface area contributed by atoms with E-state index in [-0.39, 0.29) is 17.8 Å². The van der Waals surface area contributed by atoms with E-state index in [1.807, 2.05) is 0 Å². The number of nitrogens with two attached hydrogens (primary N) is 1. The Morgan fingerprint density at radius 2 is 2.37 bits per heavy atom. The molecule has 3 N–H and O–H groups in total. The quantitative estimate of drug-likeness (QED) is 0.372. The largest absolute Gasteiger partial charge is 0.409 e. The Morgan fingerprint density at radius 3 is 3.05 bits per heavy atom. The van der Waals surface area contributed by atoms with E-state index in [1.165, 1.54) is 12.4 Å². The lowest BCUT2D eigenvalue weighted by molar-refractivity contribution is 0.0676. The van der Waals surface area contributed by atoms with Gasteiger partial charge in [0.15, 0.2) is 5.84 Å². The maximum Gasteiger partial charge on any atom is 0.256 e. The summed E-state index contributed by atoms with van der Waals surface area (Å²) in [5, 5.41) is 12.1. The van der Waals surface area contributed by atoms with Crippen LogP contribution < -0.4 is 5.73 Å². The van der Waals surface area contributed by atoms with Crippen LogP contribution in [0.5, 0.6) is 0 Å². The van der Waals surface area contributed by atoms with Gasteiger partial charge in [0.25, 0.3) is 5.91 Å². The predicted molar refractivity (Wildman–Crippen MR) is 71.3 cm³/mol. The molecule has 1 unspecified atom stereocenters. The number of likely N-dealkylation sites (tertiary alicyclic amines) is 1. The number of piperidine rings is 1. The summed E-state index contributed by atoms with van der Waals surface area (Å²) in [6.45, 7) is 0.568. The fourth-order valence-corrected chi connectivity index (χ4v) is 2.45. The van der Waals surface area contributed by atoms with Gasteiger partial charge < -0.3 is 15.8 Å². The standard InChI is InChI=1S/C12H15ClN4O2/c13-9-7-15-5-4-8(9)12(18)17-6-2-1-3-10(17)11(14)16-19/h4-5,7,10,19H,1-3,6H2,(H2,14,16). The van der Waals surface area contributed by atoms with E-state index in [1.54, 1.807) is 11.0 Å². The molecule has 1 fully saturated rings. The van der Waals surface area contributed by atoms with E-state index in [2.05, 4.69) is 10.1 Å². The highest BCUT2D eigenvalue weighted by Crippen LogP contribution is 2.22. The van der Waals surface area contributed by atoms with Gasteiger partial charge in [-0.2, -0.15) is 0 Å². The zero-order valence-electron chi connectivity index (χ0n) is 10.3. The van der Waals surface area contributed by atoms with Gasteiger partial charge in [0, 0.05) is 18.9 Å². The molecule has 19 heavy (non-hydrogen) atoms. The van der Waals surface area contributed by atoms with Crippen molar-refractivity contribution in [1.82, 2.24) is 9.88 Å². The van der Waals surface area contributed by atoms with E-state index in [0.717, 1.165) is 12.8 Å². The molecule has 7 heteroatoms. The lowest BCUT2D eigenvalue weighted by Crippen LogP contribution is -2.50. The van der Waals surface area contributed by atoms with Crippen LogP contribution in [0.15, 0.2) is 23.6 Å². The third-order valence-electron chi connectivity index (χ3n) is 3.22. The van der Waals surface area contributed by atoms with E-state index >= 15 is 0 Å². The Kier molecular flexibility index (Phi) is 4.21. The van der Waals surface area contributed by atoms with E-state index in [0.29, 0.717) is 23.6 Å². The first-order chi connectivity index (χ1) is 9.15. The Hall–Kier alpha value is -1.82. The zero-order chi connectivity index (χ0) is 13.8. The highest BCUT2D eigenvalue weighted by Gasteiger charge is 2.31. The monoisotopic (exact) mass is 282 g/mol. The van der Waals surface area contributed by atoms with Gasteiger partial charge in [-0.15, -0.1) is 0 Å². The fraction of sp³-hybridized carbons (Fsp3) is 0.417. The van der Waals surface area contributed by atoms with Gasteiger partial charge in [-0.3, -0.25) is 9.78 Å². The second-order valence-corrected chi connectivity index (χ2v) is 4.80. The first-order valence-corrected chi connectivity index (χ1v) is 6.41. The molecule has 0 aromatic carbocycles. The average Bonchev–Trinajstić information content (AvgIpc) is 2.46. The molecule has 1 aliphatic heterocycles. The predicted octanol–water partition coefficient (Wildman–Crippen LogP) is 1.48. The van der Waals surface area contributed by atoms with Crippen LogP contribution in [-0.2, 0) is 0 Å². The van der Waals surface area contributed by atoms with Crippen molar-refractivity contribution < 1.29 is 10.0 Å². The number of hydrogen-bond donors (Lipinski definition) is 2. The third-order valence-corrected chi connectivity index (χ3v) is 3.52. The number of aromatic nitrogens is 1. The summed E-state index contributed by atoms with van der Waals surface area (Å²) in [5.74, 6) is -0.165. The molecule has 0 radical (unpaired) electrons. The maximum absolute atomic E-state index is 12.5. The van der Waals surface area contributed by atoms with Gasteiger partial charge >= 0.3 is 0 Å². The molecule has 1 saturated heterocycles. The summed E-state index contributed by atoms with van der Waals surface area (Å²) < 4.78 is 0. The highest BCUT2D eigenvalue weighted by molar-refractivity contribution is 6.33. The Morgan fingerprint density at radius 1 is 1.58 bits per heavy atom. The second kappa shape index (κ2) is 5.88. The molecule has 2 heterocycles. The van der Waals surface area contributed by atoms with Crippen LogP contribution >= 0.6 is 11.6 Å². The molecule has 0 aliphatic carbocycles. The Bertz CT molecular complexity index is 506. The lowest BCUT2D eigenvalue weighted by atomic mass is 10.00. The van der Waals surface area contributed by atoms with Gasteiger partial charge in [0.2, 0.25) is 0 Å². The molecule has 0 bridgehead atoms. The molecule has 0 spiro atoms. The third kappa shape index (κ3) is 2.78. The number of hydrogen-bond acceptors (Lipinski definition) is 4. The molecule has 102 valence electrons. The molecule has 6 nitrogen and oxygen atoms in total. The van der Waals surface area contributed by atoms with Crippen LogP contribution in [0.1, 0.15) is 29.6 Å². The van der Waals surface area contributed by atoms with Crippen molar-refractivity contribution in [3.05, 3.63) is 29.0 Å². The summed E-state index contributed by atoms with van der Waals surface area (Å²) in [6.07, 6.45) is 5.46. The van der Waals surface area contributed by atoms with Crippen molar-refractivity contribution in [2.45, 2.75) is 25.3 Å². The topological polar surface area (TPSA) is 91.8 Å². The number of carbonyl (C=O) groups excluding carboxylic acids is 1. The first kappa shape index (κ1) is 13.6. The minimum atomic E-state index is -0.379. The number of amides is 1. The molecule has 2 rings (SSSR count). The molecular weight excluding hydrogens is 268 g/mol. The van der Waals surface area contributed by atoms with Crippen molar-refractivity contribution in [3.8, 4) is 0 Å². The Balaban J connectivity index is 2.28. The average molecular weight is 283 g/mol. The molecule has 1 aliphatic rings. The second-order valence-electron chi connectivity index (χ2n) is 4.39.